The second-order valence-corrected chi connectivity index (χ2v) is 9.60. The smallest absolute Gasteiger partial charge is 0.304 e. The Bertz CT molecular complexity index is 1370. The van der Waals surface area contributed by atoms with Crippen LogP contribution in [0.5, 0.6) is 17.2 Å². The molecule has 1 atom stereocenters. The SMILES string of the molecule is Cc1c(F)c(O)c(C(=O)C2CC2)c(C)c1-c1cccc(COc2ccc3c(c2)OCC3CC(=O)O)c1. The lowest BCUT2D eigenvalue weighted by atomic mass is 9.88. The van der Waals surface area contributed by atoms with Gasteiger partial charge in [-0.2, -0.15) is 0 Å². The number of Topliss-reactive ketones (excluding diaryl/α,β-unsaturated/α-hetero) is 1. The number of hydrogen-bond acceptors (Lipinski definition) is 5. The van der Waals surface area contributed by atoms with Gasteiger partial charge in [0.15, 0.2) is 17.3 Å². The van der Waals surface area contributed by atoms with Crippen molar-refractivity contribution in [2.75, 3.05) is 6.61 Å². The highest BCUT2D eigenvalue weighted by atomic mass is 19.1. The lowest BCUT2D eigenvalue weighted by molar-refractivity contribution is -0.137. The molecular formula is C29H27FO6. The minimum atomic E-state index is -0.861. The largest absolute Gasteiger partial charge is 0.504 e. The lowest BCUT2D eigenvalue weighted by Gasteiger charge is -2.18. The monoisotopic (exact) mass is 490 g/mol. The molecule has 0 bridgehead atoms. The van der Waals surface area contributed by atoms with E-state index in [9.17, 15) is 19.1 Å². The van der Waals surface area contributed by atoms with Gasteiger partial charge < -0.3 is 19.7 Å². The molecule has 186 valence electrons. The van der Waals surface area contributed by atoms with Crippen molar-refractivity contribution in [2.24, 2.45) is 5.92 Å². The first-order chi connectivity index (χ1) is 17.2. The Morgan fingerprint density at radius 3 is 2.61 bits per heavy atom. The predicted molar refractivity (Wildman–Crippen MR) is 131 cm³/mol. The molecule has 0 aromatic heterocycles. The number of ketones is 1. The Balaban J connectivity index is 1.39. The molecule has 5 rings (SSSR count). The van der Waals surface area contributed by atoms with Crippen LogP contribution < -0.4 is 9.47 Å². The highest BCUT2D eigenvalue weighted by Gasteiger charge is 2.35. The van der Waals surface area contributed by atoms with Crippen LogP contribution in [0.2, 0.25) is 0 Å². The summed E-state index contributed by atoms with van der Waals surface area (Å²) in [6.45, 7) is 3.94. The summed E-state index contributed by atoms with van der Waals surface area (Å²) in [7, 11) is 0. The van der Waals surface area contributed by atoms with Gasteiger partial charge in [-0.25, -0.2) is 4.39 Å². The molecule has 1 heterocycles. The molecule has 36 heavy (non-hydrogen) atoms. The first-order valence-electron chi connectivity index (χ1n) is 12.0. The summed E-state index contributed by atoms with van der Waals surface area (Å²) < 4.78 is 26.6. The summed E-state index contributed by atoms with van der Waals surface area (Å²) in [4.78, 5) is 23.8. The van der Waals surface area contributed by atoms with Gasteiger partial charge in [0.25, 0.3) is 0 Å². The molecule has 3 aromatic rings. The molecule has 7 heteroatoms. The quantitative estimate of drug-likeness (QED) is 0.380. The van der Waals surface area contributed by atoms with Gasteiger partial charge >= 0.3 is 5.97 Å². The molecule has 0 amide bonds. The number of rotatable bonds is 8. The molecule has 1 aliphatic carbocycles. The van der Waals surface area contributed by atoms with E-state index in [1.807, 2.05) is 30.3 Å². The molecule has 6 nitrogen and oxygen atoms in total. The maximum atomic E-state index is 15.0. The van der Waals surface area contributed by atoms with E-state index in [4.69, 9.17) is 14.6 Å². The number of aliphatic carboxylic acids is 1. The van der Waals surface area contributed by atoms with Crippen LogP contribution in [0.3, 0.4) is 0 Å². The molecule has 0 spiro atoms. The standard InChI is InChI=1S/C29H27FO6/c1-15-25(16(2)27(30)29(34)26(15)28(33)18-6-7-18)19-5-3-4-17(10-19)13-35-21-8-9-22-20(11-24(31)32)14-36-23(22)12-21/h3-5,8-10,12,18,20,34H,6-7,11,13-14H2,1-2H3,(H,31,32). The Morgan fingerprint density at radius 2 is 1.89 bits per heavy atom. The molecule has 1 aliphatic heterocycles. The fraction of sp³-hybridized carbons (Fsp3) is 0.310. The van der Waals surface area contributed by atoms with Crippen LogP contribution in [0.4, 0.5) is 4.39 Å². The average Bonchev–Trinajstić information content (AvgIpc) is 3.63. The summed E-state index contributed by atoms with van der Waals surface area (Å²) in [6, 6.07) is 12.9. The first-order valence-corrected chi connectivity index (χ1v) is 12.0. The number of carboxylic acid groups (broad SMARTS) is 1. The maximum absolute atomic E-state index is 15.0. The van der Waals surface area contributed by atoms with Crippen LogP contribution in [0.15, 0.2) is 42.5 Å². The van der Waals surface area contributed by atoms with Crippen LogP contribution in [0, 0.1) is 25.6 Å². The zero-order valence-electron chi connectivity index (χ0n) is 20.1. The van der Waals surface area contributed by atoms with Crippen molar-refractivity contribution in [1.82, 2.24) is 0 Å². The van der Waals surface area contributed by atoms with Gasteiger partial charge in [-0.15, -0.1) is 0 Å². The number of aromatic hydroxyl groups is 1. The van der Waals surface area contributed by atoms with Crippen molar-refractivity contribution >= 4 is 11.8 Å². The number of fused-ring (bicyclic) bond motifs is 1. The van der Waals surface area contributed by atoms with E-state index in [2.05, 4.69) is 0 Å². The molecule has 1 fully saturated rings. The minimum absolute atomic E-state index is 0.0185. The van der Waals surface area contributed by atoms with Gasteiger partial charge in [-0.1, -0.05) is 24.3 Å². The molecule has 3 aromatic carbocycles. The van der Waals surface area contributed by atoms with Crippen molar-refractivity contribution < 1.29 is 33.7 Å². The van der Waals surface area contributed by atoms with E-state index >= 15 is 0 Å². The topological polar surface area (TPSA) is 93.1 Å². The highest BCUT2D eigenvalue weighted by Crippen LogP contribution is 2.42. The van der Waals surface area contributed by atoms with Gasteiger partial charge in [-0.05, 0) is 66.6 Å². The van der Waals surface area contributed by atoms with E-state index in [1.165, 1.54) is 0 Å². The van der Waals surface area contributed by atoms with Crippen LogP contribution >= 0.6 is 0 Å². The molecule has 1 unspecified atom stereocenters. The van der Waals surface area contributed by atoms with Crippen molar-refractivity contribution in [3.63, 3.8) is 0 Å². The lowest BCUT2D eigenvalue weighted by Crippen LogP contribution is -2.09. The molecular weight excluding hydrogens is 463 g/mol. The highest BCUT2D eigenvalue weighted by molar-refractivity contribution is 6.04. The van der Waals surface area contributed by atoms with E-state index < -0.39 is 17.5 Å². The van der Waals surface area contributed by atoms with Gasteiger partial charge in [0.05, 0.1) is 18.6 Å². The third-order valence-corrected chi connectivity index (χ3v) is 7.00. The first kappa shape index (κ1) is 23.9. The van der Waals surface area contributed by atoms with E-state index in [0.717, 1.165) is 29.5 Å². The molecule has 1 saturated carbocycles. The Kier molecular flexibility index (Phi) is 6.16. The van der Waals surface area contributed by atoms with Crippen LogP contribution in [0.1, 0.15) is 57.8 Å². The number of benzene rings is 3. The van der Waals surface area contributed by atoms with Crippen molar-refractivity contribution in [3.05, 3.63) is 76.1 Å². The second kappa shape index (κ2) is 9.30. The average molecular weight is 491 g/mol. The Morgan fingerprint density at radius 1 is 1.11 bits per heavy atom. The van der Waals surface area contributed by atoms with Crippen LogP contribution in [-0.4, -0.2) is 28.6 Å². The summed E-state index contributed by atoms with van der Waals surface area (Å²) in [5.41, 5.74) is 4.01. The normalized spacial score (nSPS) is 16.4. The maximum Gasteiger partial charge on any atom is 0.304 e. The third-order valence-electron chi connectivity index (χ3n) is 7.00. The van der Waals surface area contributed by atoms with Gasteiger partial charge in [0.1, 0.15) is 18.1 Å². The summed E-state index contributed by atoms with van der Waals surface area (Å²) in [6.07, 6.45) is 1.55. The Hall–Kier alpha value is -3.87. The van der Waals surface area contributed by atoms with Crippen molar-refractivity contribution in [2.45, 2.75) is 45.6 Å². The number of ether oxygens (including phenoxy) is 2. The number of carbonyl (C=O) groups is 2. The number of halogens is 1. The third kappa shape index (κ3) is 4.41. The molecule has 0 radical (unpaired) electrons. The van der Waals surface area contributed by atoms with Gasteiger partial charge in [-0.3, -0.25) is 9.59 Å². The fourth-order valence-electron chi connectivity index (χ4n) is 4.97. The fourth-order valence-corrected chi connectivity index (χ4v) is 4.97. The second-order valence-electron chi connectivity index (χ2n) is 9.60. The zero-order chi connectivity index (χ0) is 25.6. The van der Waals surface area contributed by atoms with E-state index in [1.54, 1.807) is 26.0 Å². The van der Waals surface area contributed by atoms with Gasteiger partial charge in [0.2, 0.25) is 0 Å². The van der Waals surface area contributed by atoms with Crippen LogP contribution in [-0.2, 0) is 11.4 Å². The van der Waals surface area contributed by atoms with E-state index in [-0.39, 0.29) is 36.2 Å². The number of phenols is 1. The molecule has 2 N–H and O–H groups in total. The minimum Gasteiger partial charge on any atom is -0.504 e. The number of carboxylic acids is 1. The summed E-state index contributed by atoms with van der Waals surface area (Å²) in [5.74, 6) is -1.47. The Labute approximate surface area is 208 Å². The van der Waals surface area contributed by atoms with Gasteiger partial charge in [0, 0.05) is 23.5 Å². The number of carbonyl (C=O) groups excluding carboxylic acids is 1. The van der Waals surface area contributed by atoms with Crippen LogP contribution in [0.25, 0.3) is 11.1 Å². The molecule has 0 saturated heterocycles. The zero-order valence-corrected chi connectivity index (χ0v) is 20.1. The predicted octanol–water partition coefficient (Wildman–Crippen LogP) is 5.94. The summed E-state index contributed by atoms with van der Waals surface area (Å²) in [5, 5.41) is 19.5. The van der Waals surface area contributed by atoms with E-state index in [0.29, 0.717) is 34.8 Å². The number of hydrogen-bond donors (Lipinski definition) is 2. The summed E-state index contributed by atoms with van der Waals surface area (Å²) >= 11 is 0. The van der Waals surface area contributed by atoms with Crippen molar-refractivity contribution in [3.8, 4) is 28.4 Å². The molecule has 2 aliphatic rings. The van der Waals surface area contributed by atoms with Crippen molar-refractivity contribution in [1.29, 1.82) is 0 Å². The number of phenolic OH excluding ortho intramolecular Hbond substituents is 1.